The van der Waals surface area contributed by atoms with E-state index in [1.54, 1.807) is 0 Å². The molecule has 4 nitrogen and oxygen atoms in total. The molecule has 0 fully saturated rings. The van der Waals surface area contributed by atoms with E-state index in [0.717, 1.165) is 17.9 Å². The lowest BCUT2D eigenvalue weighted by Gasteiger charge is -2.30. The summed E-state index contributed by atoms with van der Waals surface area (Å²) in [5.74, 6) is 0. The summed E-state index contributed by atoms with van der Waals surface area (Å²) in [6, 6.07) is 6.38. The summed E-state index contributed by atoms with van der Waals surface area (Å²) in [5.41, 5.74) is 1.74. The van der Waals surface area contributed by atoms with Gasteiger partial charge in [0.25, 0.3) is 0 Å². The SMILES string of the molecule is CC(C)(CNC1CCc2cc(Cl)ccc21)NC(=O)OC(C)(C)C. The van der Waals surface area contributed by atoms with E-state index in [9.17, 15) is 4.79 Å². The Labute approximate surface area is 143 Å². The summed E-state index contributed by atoms with van der Waals surface area (Å²) in [5, 5.41) is 7.27. The molecule has 128 valence electrons. The number of ether oxygens (including phenoxy) is 1. The van der Waals surface area contributed by atoms with Crippen molar-refractivity contribution >= 4 is 17.7 Å². The average Bonchev–Trinajstić information content (AvgIpc) is 2.75. The first-order chi connectivity index (χ1) is 10.6. The van der Waals surface area contributed by atoms with Crippen LogP contribution in [0.15, 0.2) is 18.2 Å². The molecule has 1 aliphatic carbocycles. The molecule has 1 amide bonds. The molecule has 0 aromatic heterocycles. The fraction of sp³-hybridized carbons (Fsp3) is 0.611. The molecule has 1 unspecified atom stereocenters. The number of hydrogen-bond acceptors (Lipinski definition) is 3. The zero-order chi connectivity index (χ0) is 17.3. The zero-order valence-electron chi connectivity index (χ0n) is 14.6. The minimum Gasteiger partial charge on any atom is -0.444 e. The highest BCUT2D eigenvalue weighted by molar-refractivity contribution is 6.30. The Morgan fingerprint density at radius 1 is 1.30 bits per heavy atom. The molecular weight excluding hydrogens is 312 g/mol. The molecule has 0 radical (unpaired) electrons. The van der Waals surface area contributed by atoms with Crippen LogP contribution in [0.4, 0.5) is 4.79 Å². The van der Waals surface area contributed by atoms with Crippen LogP contribution in [0.3, 0.4) is 0 Å². The van der Waals surface area contributed by atoms with Crippen LogP contribution in [0.5, 0.6) is 0 Å². The Balaban J connectivity index is 1.90. The molecular formula is C18H27ClN2O2. The van der Waals surface area contributed by atoms with Crippen LogP contribution in [0.1, 0.15) is 58.2 Å². The van der Waals surface area contributed by atoms with Crippen LogP contribution >= 0.6 is 11.6 Å². The summed E-state index contributed by atoms with van der Waals surface area (Å²) in [4.78, 5) is 11.9. The summed E-state index contributed by atoms with van der Waals surface area (Å²) >= 11 is 6.05. The van der Waals surface area contributed by atoms with Crippen molar-refractivity contribution in [2.24, 2.45) is 0 Å². The summed E-state index contributed by atoms with van der Waals surface area (Å²) in [6.45, 7) is 10.2. The predicted molar refractivity (Wildman–Crippen MR) is 94.0 cm³/mol. The van der Waals surface area contributed by atoms with Gasteiger partial charge in [0, 0.05) is 17.6 Å². The van der Waals surface area contributed by atoms with Gasteiger partial charge in [-0.15, -0.1) is 0 Å². The number of hydrogen-bond donors (Lipinski definition) is 2. The second-order valence-corrected chi connectivity index (χ2v) is 8.26. The topological polar surface area (TPSA) is 50.4 Å². The van der Waals surface area contributed by atoms with Gasteiger partial charge in [-0.1, -0.05) is 17.7 Å². The second-order valence-electron chi connectivity index (χ2n) is 7.83. The smallest absolute Gasteiger partial charge is 0.408 e. The fourth-order valence-corrected chi connectivity index (χ4v) is 3.00. The lowest BCUT2D eigenvalue weighted by molar-refractivity contribution is 0.0470. The van der Waals surface area contributed by atoms with Crippen LogP contribution in [0.25, 0.3) is 0 Å². The van der Waals surface area contributed by atoms with E-state index >= 15 is 0 Å². The van der Waals surface area contributed by atoms with Crippen molar-refractivity contribution in [3.05, 3.63) is 34.3 Å². The largest absolute Gasteiger partial charge is 0.444 e. The summed E-state index contributed by atoms with van der Waals surface area (Å²) in [7, 11) is 0. The first kappa shape index (κ1) is 18.1. The lowest BCUT2D eigenvalue weighted by atomic mass is 10.0. The number of benzene rings is 1. The highest BCUT2D eigenvalue weighted by atomic mass is 35.5. The monoisotopic (exact) mass is 338 g/mol. The molecule has 5 heteroatoms. The highest BCUT2D eigenvalue weighted by Crippen LogP contribution is 2.32. The number of rotatable bonds is 4. The Morgan fingerprint density at radius 3 is 2.65 bits per heavy atom. The van der Waals surface area contributed by atoms with Crippen molar-refractivity contribution < 1.29 is 9.53 Å². The Kier molecular flexibility index (Phi) is 5.27. The van der Waals surface area contributed by atoms with E-state index in [-0.39, 0.29) is 6.09 Å². The molecule has 23 heavy (non-hydrogen) atoms. The Hall–Kier alpha value is -1.26. The number of fused-ring (bicyclic) bond motifs is 1. The molecule has 1 aromatic carbocycles. The van der Waals surface area contributed by atoms with Crippen molar-refractivity contribution in [3.8, 4) is 0 Å². The highest BCUT2D eigenvalue weighted by Gasteiger charge is 2.28. The van der Waals surface area contributed by atoms with E-state index in [1.165, 1.54) is 11.1 Å². The van der Waals surface area contributed by atoms with E-state index in [2.05, 4.69) is 16.7 Å². The first-order valence-corrected chi connectivity index (χ1v) is 8.46. The van der Waals surface area contributed by atoms with Gasteiger partial charge in [0.1, 0.15) is 5.60 Å². The molecule has 1 aromatic rings. The number of amides is 1. The lowest BCUT2D eigenvalue weighted by Crippen LogP contribution is -2.52. The summed E-state index contributed by atoms with van der Waals surface area (Å²) in [6.07, 6.45) is 1.70. The van der Waals surface area contributed by atoms with Crippen molar-refractivity contribution in [2.75, 3.05) is 6.54 Å². The fourth-order valence-electron chi connectivity index (χ4n) is 2.80. The third-order valence-electron chi connectivity index (χ3n) is 3.81. The van der Waals surface area contributed by atoms with Crippen molar-refractivity contribution in [1.29, 1.82) is 0 Å². The maximum Gasteiger partial charge on any atom is 0.408 e. The van der Waals surface area contributed by atoms with Crippen molar-refractivity contribution in [2.45, 2.75) is 64.6 Å². The second kappa shape index (κ2) is 6.70. The van der Waals surface area contributed by atoms with Crippen LogP contribution in [0.2, 0.25) is 5.02 Å². The van der Waals surface area contributed by atoms with Crippen LogP contribution in [0, 0.1) is 0 Å². The van der Waals surface area contributed by atoms with Gasteiger partial charge in [-0.05, 0) is 70.7 Å². The Morgan fingerprint density at radius 2 is 2.00 bits per heavy atom. The van der Waals surface area contributed by atoms with Gasteiger partial charge in [0.2, 0.25) is 0 Å². The minimum absolute atomic E-state index is 0.307. The number of carbonyl (C=O) groups excluding carboxylic acids is 1. The van der Waals surface area contributed by atoms with Gasteiger partial charge in [-0.25, -0.2) is 4.79 Å². The van der Waals surface area contributed by atoms with E-state index in [0.29, 0.717) is 12.6 Å². The summed E-state index contributed by atoms with van der Waals surface area (Å²) < 4.78 is 5.32. The molecule has 1 aliphatic rings. The van der Waals surface area contributed by atoms with Crippen LogP contribution in [-0.4, -0.2) is 23.8 Å². The van der Waals surface area contributed by atoms with Gasteiger partial charge in [0.05, 0.1) is 5.54 Å². The van der Waals surface area contributed by atoms with Gasteiger partial charge < -0.3 is 15.4 Å². The molecule has 2 N–H and O–H groups in total. The van der Waals surface area contributed by atoms with Crippen molar-refractivity contribution in [3.63, 3.8) is 0 Å². The quantitative estimate of drug-likeness (QED) is 0.864. The van der Waals surface area contributed by atoms with Gasteiger partial charge >= 0.3 is 6.09 Å². The third-order valence-corrected chi connectivity index (χ3v) is 4.05. The molecule has 0 aliphatic heterocycles. The third kappa shape index (κ3) is 5.40. The number of carbonyl (C=O) groups is 1. The molecule has 0 spiro atoms. The van der Waals surface area contributed by atoms with Crippen LogP contribution < -0.4 is 10.6 Å². The molecule has 0 saturated carbocycles. The molecule has 0 bridgehead atoms. The molecule has 2 rings (SSSR count). The van der Waals surface area contributed by atoms with Crippen molar-refractivity contribution in [1.82, 2.24) is 10.6 Å². The number of nitrogens with one attached hydrogen (secondary N) is 2. The minimum atomic E-state index is -0.489. The van der Waals surface area contributed by atoms with Gasteiger partial charge in [0.15, 0.2) is 0 Å². The standard InChI is InChI=1S/C18H27ClN2O2/c1-17(2,3)23-16(22)21-18(4,5)11-20-15-9-6-12-10-13(19)7-8-14(12)15/h7-8,10,15,20H,6,9,11H2,1-5H3,(H,21,22). The number of alkyl carbamates (subject to hydrolysis) is 1. The van der Waals surface area contributed by atoms with Gasteiger partial charge in [-0.2, -0.15) is 0 Å². The zero-order valence-corrected chi connectivity index (χ0v) is 15.4. The van der Waals surface area contributed by atoms with E-state index in [1.807, 2.05) is 46.8 Å². The molecule has 1 atom stereocenters. The maximum atomic E-state index is 11.9. The molecule has 0 heterocycles. The maximum absolute atomic E-state index is 11.9. The van der Waals surface area contributed by atoms with Crippen LogP contribution in [-0.2, 0) is 11.2 Å². The number of aryl methyl sites for hydroxylation is 1. The first-order valence-electron chi connectivity index (χ1n) is 8.09. The van der Waals surface area contributed by atoms with E-state index in [4.69, 9.17) is 16.3 Å². The average molecular weight is 339 g/mol. The van der Waals surface area contributed by atoms with Gasteiger partial charge in [-0.3, -0.25) is 0 Å². The number of halogens is 1. The Bertz CT molecular complexity index is 579. The molecule has 0 saturated heterocycles. The normalized spacial score (nSPS) is 17.7. The van der Waals surface area contributed by atoms with E-state index < -0.39 is 11.1 Å². The predicted octanol–water partition coefficient (Wildman–Crippen LogP) is 4.22.